The predicted molar refractivity (Wildman–Crippen MR) is 60.5 cm³/mol. The summed E-state index contributed by atoms with van der Waals surface area (Å²) in [5, 5.41) is 20.5. The molecule has 0 spiro atoms. The maximum Gasteiger partial charge on any atom is 0.140 e. The summed E-state index contributed by atoms with van der Waals surface area (Å²) in [7, 11) is 0. The molecule has 0 saturated carbocycles. The van der Waals surface area contributed by atoms with Gasteiger partial charge in [-0.1, -0.05) is 5.16 Å². The van der Waals surface area contributed by atoms with Gasteiger partial charge in [-0.3, -0.25) is 4.90 Å². The number of amidine groups is 1. The molecule has 1 fully saturated rings. The normalized spacial score (nSPS) is 26.9. The van der Waals surface area contributed by atoms with E-state index >= 15 is 0 Å². The second kappa shape index (κ2) is 5.47. The second-order valence-electron chi connectivity index (χ2n) is 4.76. The zero-order valence-corrected chi connectivity index (χ0v) is 9.89. The molecule has 1 saturated heterocycles. The maximum absolute atomic E-state index is 9.12. The Labute approximate surface area is 95.7 Å². The van der Waals surface area contributed by atoms with Gasteiger partial charge in [0.1, 0.15) is 5.84 Å². The lowest BCUT2D eigenvalue weighted by atomic mass is 10.1. The van der Waals surface area contributed by atoms with Gasteiger partial charge in [0.2, 0.25) is 0 Å². The molecule has 1 atom stereocenters. The highest BCUT2D eigenvalue weighted by molar-refractivity contribution is 5.79. The van der Waals surface area contributed by atoms with Crippen LogP contribution < -0.4 is 5.73 Å². The van der Waals surface area contributed by atoms with E-state index in [2.05, 4.69) is 10.1 Å². The Morgan fingerprint density at radius 3 is 2.88 bits per heavy atom. The first kappa shape index (κ1) is 13.2. The molecule has 0 aromatic rings. The van der Waals surface area contributed by atoms with Crippen LogP contribution in [-0.2, 0) is 4.74 Å². The fourth-order valence-electron chi connectivity index (χ4n) is 2.00. The van der Waals surface area contributed by atoms with Crippen LogP contribution in [0.25, 0.3) is 0 Å². The molecule has 0 amide bonds. The smallest absolute Gasteiger partial charge is 0.140 e. The van der Waals surface area contributed by atoms with E-state index in [1.54, 1.807) is 0 Å². The van der Waals surface area contributed by atoms with Gasteiger partial charge in [0.25, 0.3) is 0 Å². The zero-order valence-electron chi connectivity index (χ0n) is 9.89. The highest BCUT2D eigenvalue weighted by Gasteiger charge is 2.32. The molecule has 1 aliphatic rings. The van der Waals surface area contributed by atoms with Gasteiger partial charge in [-0.05, 0) is 13.8 Å². The minimum absolute atomic E-state index is 0.0174. The summed E-state index contributed by atoms with van der Waals surface area (Å²) in [6, 6.07) is 0. The minimum atomic E-state index is -0.267. The number of aliphatic hydroxyl groups excluding tert-OH is 1. The Balaban J connectivity index is 2.47. The molecule has 1 aliphatic heterocycles. The Hall–Kier alpha value is -0.850. The van der Waals surface area contributed by atoms with Gasteiger partial charge < -0.3 is 20.8 Å². The summed E-state index contributed by atoms with van der Waals surface area (Å²) in [6.45, 7) is 6.17. The van der Waals surface area contributed by atoms with Crippen molar-refractivity contribution in [3.05, 3.63) is 0 Å². The van der Waals surface area contributed by atoms with Gasteiger partial charge in [-0.15, -0.1) is 0 Å². The Kier molecular flexibility index (Phi) is 4.52. The first-order valence-corrected chi connectivity index (χ1v) is 5.44. The lowest BCUT2D eigenvalue weighted by Gasteiger charge is -2.42. The second-order valence-corrected chi connectivity index (χ2v) is 4.76. The van der Waals surface area contributed by atoms with Gasteiger partial charge in [0, 0.05) is 26.1 Å². The third-order valence-electron chi connectivity index (χ3n) is 2.57. The molecular weight excluding hydrogens is 210 g/mol. The number of nitrogens with two attached hydrogens (primary N) is 1. The van der Waals surface area contributed by atoms with Crippen molar-refractivity contribution in [3.8, 4) is 0 Å². The van der Waals surface area contributed by atoms with Crippen molar-refractivity contribution in [3.63, 3.8) is 0 Å². The summed E-state index contributed by atoms with van der Waals surface area (Å²) < 4.78 is 5.68. The van der Waals surface area contributed by atoms with Crippen molar-refractivity contribution in [1.29, 1.82) is 0 Å². The third kappa shape index (κ3) is 3.96. The molecule has 1 heterocycles. The number of ether oxygens (including phenoxy) is 1. The molecule has 4 N–H and O–H groups in total. The molecule has 0 aromatic heterocycles. The Morgan fingerprint density at radius 2 is 2.31 bits per heavy atom. The van der Waals surface area contributed by atoms with Crippen LogP contribution in [0.4, 0.5) is 0 Å². The topological polar surface area (TPSA) is 91.3 Å². The number of hydrogen-bond donors (Lipinski definition) is 3. The molecule has 1 rings (SSSR count). The van der Waals surface area contributed by atoms with Gasteiger partial charge in [-0.25, -0.2) is 0 Å². The van der Waals surface area contributed by atoms with Crippen molar-refractivity contribution in [2.45, 2.75) is 32.0 Å². The lowest BCUT2D eigenvalue weighted by molar-refractivity contribution is -0.148. The number of rotatable bonds is 4. The van der Waals surface area contributed by atoms with Crippen molar-refractivity contribution in [1.82, 2.24) is 4.90 Å². The lowest BCUT2D eigenvalue weighted by Crippen LogP contribution is -2.54. The number of aliphatic hydroxyl groups is 1. The highest BCUT2D eigenvalue weighted by Crippen LogP contribution is 2.20. The average molecular weight is 231 g/mol. The van der Waals surface area contributed by atoms with E-state index in [1.807, 2.05) is 13.8 Å². The van der Waals surface area contributed by atoms with Crippen LogP contribution in [0.2, 0.25) is 0 Å². The molecule has 1 unspecified atom stereocenters. The summed E-state index contributed by atoms with van der Waals surface area (Å²) in [5.41, 5.74) is 5.15. The molecule has 0 aliphatic carbocycles. The molecule has 6 nitrogen and oxygen atoms in total. The SMILES string of the molecule is CC1(C)CN(CCC(N)=NO)CC(CO)O1. The van der Waals surface area contributed by atoms with E-state index in [0.29, 0.717) is 19.5 Å². The maximum atomic E-state index is 9.12. The van der Waals surface area contributed by atoms with Crippen molar-refractivity contribution >= 4 is 5.84 Å². The Morgan fingerprint density at radius 1 is 1.62 bits per heavy atom. The standard InChI is InChI=1S/C10H21N3O3/c1-10(2)7-13(4-3-9(11)12-15)5-8(6-14)16-10/h8,14-15H,3-7H2,1-2H3,(H2,11,12). The Bertz CT molecular complexity index is 256. The number of nitrogens with zero attached hydrogens (tertiary/aromatic N) is 2. The molecule has 94 valence electrons. The number of oxime groups is 1. The summed E-state index contributed by atoms with van der Waals surface area (Å²) in [4.78, 5) is 2.16. The van der Waals surface area contributed by atoms with Gasteiger partial charge in [0.15, 0.2) is 0 Å². The predicted octanol–water partition coefficient (Wildman–Crippen LogP) is -0.405. The first-order chi connectivity index (χ1) is 7.46. The van der Waals surface area contributed by atoms with Crippen LogP contribution >= 0.6 is 0 Å². The molecule has 6 heteroatoms. The van der Waals surface area contributed by atoms with E-state index < -0.39 is 0 Å². The average Bonchev–Trinajstić information content (AvgIpc) is 2.23. The van der Waals surface area contributed by atoms with Gasteiger partial charge in [0.05, 0.1) is 18.3 Å². The van der Waals surface area contributed by atoms with Crippen molar-refractivity contribution in [2.75, 3.05) is 26.2 Å². The number of hydrogen-bond acceptors (Lipinski definition) is 5. The summed E-state index contributed by atoms with van der Waals surface area (Å²) in [5.74, 6) is 0.227. The molecule has 0 aromatic carbocycles. The van der Waals surface area contributed by atoms with Crippen LogP contribution in [0.1, 0.15) is 20.3 Å². The minimum Gasteiger partial charge on any atom is -0.409 e. The van der Waals surface area contributed by atoms with Gasteiger partial charge in [-0.2, -0.15) is 0 Å². The molecule has 0 radical (unpaired) electrons. The first-order valence-electron chi connectivity index (χ1n) is 5.44. The fraction of sp³-hybridized carbons (Fsp3) is 0.900. The van der Waals surface area contributed by atoms with Crippen LogP contribution in [0, 0.1) is 0 Å². The summed E-state index contributed by atoms with van der Waals surface area (Å²) >= 11 is 0. The van der Waals surface area contributed by atoms with Crippen LogP contribution in [-0.4, -0.2) is 59.0 Å². The molecule has 0 bridgehead atoms. The van der Waals surface area contributed by atoms with E-state index in [9.17, 15) is 0 Å². The quantitative estimate of drug-likeness (QED) is 0.265. The van der Waals surface area contributed by atoms with E-state index in [0.717, 1.165) is 6.54 Å². The van der Waals surface area contributed by atoms with E-state index in [1.165, 1.54) is 0 Å². The van der Waals surface area contributed by atoms with Gasteiger partial charge >= 0.3 is 0 Å². The zero-order chi connectivity index (χ0) is 12.2. The summed E-state index contributed by atoms with van der Waals surface area (Å²) in [6.07, 6.45) is 0.362. The third-order valence-corrected chi connectivity index (χ3v) is 2.57. The molecule has 16 heavy (non-hydrogen) atoms. The van der Waals surface area contributed by atoms with Crippen LogP contribution in [0.3, 0.4) is 0 Å². The largest absolute Gasteiger partial charge is 0.409 e. The fourth-order valence-corrected chi connectivity index (χ4v) is 2.00. The molecular formula is C10H21N3O3. The monoisotopic (exact) mass is 231 g/mol. The van der Waals surface area contributed by atoms with Crippen molar-refractivity contribution in [2.24, 2.45) is 10.9 Å². The van der Waals surface area contributed by atoms with E-state index in [4.69, 9.17) is 20.8 Å². The number of morpholine rings is 1. The highest BCUT2D eigenvalue weighted by atomic mass is 16.5. The van der Waals surface area contributed by atoms with Crippen molar-refractivity contribution < 1.29 is 15.1 Å². The van der Waals surface area contributed by atoms with Crippen LogP contribution in [0.15, 0.2) is 5.16 Å². The van der Waals surface area contributed by atoms with E-state index in [-0.39, 0.29) is 24.1 Å². The van der Waals surface area contributed by atoms with Crippen LogP contribution in [0.5, 0.6) is 0 Å².